The lowest BCUT2D eigenvalue weighted by Crippen LogP contribution is -2.11. The van der Waals surface area contributed by atoms with Gasteiger partial charge in [-0.1, -0.05) is 39.5 Å². The first-order valence-corrected chi connectivity index (χ1v) is 9.05. The summed E-state index contributed by atoms with van der Waals surface area (Å²) in [6.07, 6.45) is 8.35. The third-order valence-corrected chi connectivity index (χ3v) is 3.50. The Morgan fingerprint density at radius 3 is 1.33 bits per heavy atom. The third kappa shape index (κ3) is 13.9. The van der Waals surface area contributed by atoms with E-state index in [1.807, 2.05) is 13.8 Å². The SMILES string of the molecule is CCCCC(=N)OC(=O)CCCCCCC(=O)OC(=N)CCCC. The molecule has 0 aromatic heterocycles. The molecule has 6 heteroatoms. The molecule has 0 aromatic carbocycles. The second-order valence-corrected chi connectivity index (χ2v) is 5.92. The largest absolute Gasteiger partial charge is 0.412 e. The summed E-state index contributed by atoms with van der Waals surface area (Å²) < 4.78 is 9.84. The van der Waals surface area contributed by atoms with Gasteiger partial charge in [-0.2, -0.15) is 0 Å². The van der Waals surface area contributed by atoms with Crippen molar-refractivity contribution in [3.05, 3.63) is 0 Å². The highest BCUT2D eigenvalue weighted by Gasteiger charge is 2.08. The summed E-state index contributed by atoms with van der Waals surface area (Å²) in [6, 6.07) is 0. The van der Waals surface area contributed by atoms with Crippen LogP contribution in [0.5, 0.6) is 0 Å². The van der Waals surface area contributed by atoms with Gasteiger partial charge in [-0.15, -0.1) is 0 Å². The average Bonchev–Trinajstić information content (AvgIpc) is 2.54. The number of carbonyl (C=O) groups excluding carboxylic acids is 2. The Kier molecular flexibility index (Phi) is 13.8. The Labute approximate surface area is 145 Å². The van der Waals surface area contributed by atoms with Crippen molar-refractivity contribution in [1.29, 1.82) is 10.8 Å². The number of ether oxygens (including phenoxy) is 2. The van der Waals surface area contributed by atoms with Crippen molar-refractivity contribution in [2.75, 3.05) is 0 Å². The van der Waals surface area contributed by atoms with E-state index in [1.165, 1.54) is 0 Å². The predicted molar refractivity (Wildman–Crippen MR) is 94.4 cm³/mol. The number of nitrogens with one attached hydrogen (secondary N) is 2. The molecule has 24 heavy (non-hydrogen) atoms. The molecule has 2 N–H and O–H groups in total. The van der Waals surface area contributed by atoms with Crippen LogP contribution in [0.25, 0.3) is 0 Å². The van der Waals surface area contributed by atoms with Gasteiger partial charge >= 0.3 is 11.9 Å². The van der Waals surface area contributed by atoms with Crippen LogP contribution in [0.3, 0.4) is 0 Å². The van der Waals surface area contributed by atoms with Crippen LogP contribution in [-0.2, 0) is 19.1 Å². The predicted octanol–water partition coefficient (Wildman–Crippen LogP) is 4.75. The monoisotopic (exact) mass is 340 g/mol. The zero-order chi connectivity index (χ0) is 18.2. The molecule has 0 heterocycles. The van der Waals surface area contributed by atoms with Crippen LogP contribution in [0.1, 0.15) is 90.9 Å². The summed E-state index contributed by atoms with van der Waals surface area (Å²) in [4.78, 5) is 23.0. The Morgan fingerprint density at radius 1 is 0.625 bits per heavy atom. The summed E-state index contributed by atoms with van der Waals surface area (Å²) in [6.45, 7) is 4.05. The topological polar surface area (TPSA) is 100 Å². The zero-order valence-electron chi connectivity index (χ0n) is 15.1. The van der Waals surface area contributed by atoms with E-state index < -0.39 is 0 Å². The fourth-order valence-corrected chi connectivity index (χ4v) is 2.05. The molecule has 0 bridgehead atoms. The molecular formula is C18H32N2O4. The van der Waals surface area contributed by atoms with Crippen LogP contribution < -0.4 is 0 Å². The molecule has 0 unspecified atom stereocenters. The molecule has 0 saturated heterocycles. The molecule has 0 atom stereocenters. The van der Waals surface area contributed by atoms with Crippen molar-refractivity contribution in [3.63, 3.8) is 0 Å². The molecule has 138 valence electrons. The van der Waals surface area contributed by atoms with Gasteiger partial charge in [-0.3, -0.25) is 20.4 Å². The fourth-order valence-electron chi connectivity index (χ4n) is 2.05. The van der Waals surface area contributed by atoms with Gasteiger partial charge in [0.1, 0.15) is 0 Å². The summed E-state index contributed by atoms with van der Waals surface area (Å²) in [5.41, 5.74) is 0. The molecular weight excluding hydrogens is 308 g/mol. The number of unbranched alkanes of at least 4 members (excludes halogenated alkanes) is 5. The highest BCUT2D eigenvalue weighted by atomic mass is 16.5. The lowest BCUT2D eigenvalue weighted by Gasteiger charge is -2.06. The van der Waals surface area contributed by atoms with E-state index in [4.69, 9.17) is 20.3 Å². The van der Waals surface area contributed by atoms with Crippen LogP contribution >= 0.6 is 0 Å². The van der Waals surface area contributed by atoms with Crippen molar-refractivity contribution in [3.8, 4) is 0 Å². The van der Waals surface area contributed by atoms with Crippen molar-refractivity contribution in [1.82, 2.24) is 0 Å². The molecule has 0 spiro atoms. The number of esters is 2. The highest BCUT2D eigenvalue weighted by Crippen LogP contribution is 2.08. The third-order valence-electron chi connectivity index (χ3n) is 3.50. The minimum Gasteiger partial charge on any atom is -0.412 e. The number of hydrogen-bond acceptors (Lipinski definition) is 6. The van der Waals surface area contributed by atoms with Gasteiger partial charge in [0, 0.05) is 25.7 Å². The van der Waals surface area contributed by atoms with Gasteiger partial charge in [0.2, 0.25) is 0 Å². The average molecular weight is 340 g/mol. The van der Waals surface area contributed by atoms with Crippen LogP contribution in [0, 0.1) is 10.8 Å². The number of hydrogen-bond donors (Lipinski definition) is 2. The van der Waals surface area contributed by atoms with Gasteiger partial charge in [0.15, 0.2) is 11.8 Å². The van der Waals surface area contributed by atoms with Crippen molar-refractivity contribution in [2.24, 2.45) is 0 Å². The Hall–Kier alpha value is -1.72. The normalized spacial score (nSPS) is 10.2. The molecule has 0 rings (SSSR count). The first-order valence-electron chi connectivity index (χ1n) is 9.05. The van der Waals surface area contributed by atoms with Crippen LogP contribution in [0.15, 0.2) is 0 Å². The quantitative estimate of drug-likeness (QED) is 0.219. The van der Waals surface area contributed by atoms with Crippen LogP contribution in [0.2, 0.25) is 0 Å². The molecule has 0 aliphatic carbocycles. The standard InChI is InChI=1S/C18H32N2O4/c1-3-5-11-15(19)23-17(21)13-9-7-8-10-14-18(22)24-16(20)12-6-4-2/h19-20H,3-14H2,1-2H3. The van der Waals surface area contributed by atoms with Crippen molar-refractivity contribution < 1.29 is 19.1 Å². The summed E-state index contributed by atoms with van der Waals surface area (Å²) in [5.74, 6) is -0.593. The van der Waals surface area contributed by atoms with Gasteiger partial charge < -0.3 is 9.47 Å². The van der Waals surface area contributed by atoms with E-state index in [9.17, 15) is 9.59 Å². The Bertz CT molecular complexity index is 370. The first-order chi connectivity index (χ1) is 11.5. The maximum absolute atomic E-state index is 11.5. The second-order valence-electron chi connectivity index (χ2n) is 5.92. The second kappa shape index (κ2) is 14.8. The molecule has 0 amide bonds. The first kappa shape index (κ1) is 22.3. The van der Waals surface area contributed by atoms with Crippen molar-refractivity contribution in [2.45, 2.75) is 90.9 Å². The van der Waals surface area contributed by atoms with Crippen LogP contribution in [-0.4, -0.2) is 23.7 Å². The molecule has 0 radical (unpaired) electrons. The summed E-state index contributed by atoms with van der Waals surface area (Å²) in [5, 5.41) is 15.0. The Morgan fingerprint density at radius 2 is 1.00 bits per heavy atom. The maximum Gasteiger partial charge on any atom is 0.312 e. The lowest BCUT2D eigenvalue weighted by atomic mass is 10.1. The summed E-state index contributed by atoms with van der Waals surface area (Å²) in [7, 11) is 0. The smallest absolute Gasteiger partial charge is 0.312 e. The van der Waals surface area contributed by atoms with Crippen LogP contribution in [0.4, 0.5) is 0 Å². The fraction of sp³-hybridized carbons (Fsp3) is 0.778. The maximum atomic E-state index is 11.5. The van der Waals surface area contributed by atoms with Gasteiger partial charge in [0.05, 0.1) is 0 Å². The van der Waals surface area contributed by atoms with Crippen molar-refractivity contribution >= 4 is 23.7 Å². The lowest BCUT2D eigenvalue weighted by molar-refractivity contribution is -0.137. The van der Waals surface area contributed by atoms with E-state index in [1.54, 1.807) is 0 Å². The van der Waals surface area contributed by atoms with E-state index in [0.29, 0.717) is 38.5 Å². The minimum atomic E-state index is -0.347. The number of rotatable bonds is 13. The minimum absolute atomic E-state index is 0.0510. The highest BCUT2D eigenvalue weighted by molar-refractivity contribution is 5.87. The van der Waals surface area contributed by atoms with E-state index >= 15 is 0 Å². The molecule has 0 aliphatic rings. The molecule has 0 fully saturated rings. The van der Waals surface area contributed by atoms with Gasteiger partial charge in [-0.25, -0.2) is 0 Å². The zero-order valence-corrected chi connectivity index (χ0v) is 15.1. The Balaban J connectivity index is 3.55. The van der Waals surface area contributed by atoms with Gasteiger partial charge in [0.25, 0.3) is 0 Å². The van der Waals surface area contributed by atoms with Gasteiger partial charge in [-0.05, 0) is 25.7 Å². The molecule has 0 saturated carbocycles. The van der Waals surface area contributed by atoms with E-state index in [-0.39, 0.29) is 23.7 Å². The van der Waals surface area contributed by atoms with E-state index in [0.717, 1.165) is 38.5 Å². The van der Waals surface area contributed by atoms with E-state index in [2.05, 4.69) is 0 Å². The summed E-state index contributed by atoms with van der Waals surface area (Å²) >= 11 is 0. The number of carbonyl (C=O) groups is 2. The molecule has 6 nitrogen and oxygen atoms in total. The molecule has 0 aliphatic heterocycles. The molecule has 0 aromatic rings.